The third kappa shape index (κ3) is 4.36. The lowest BCUT2D eigenvalue weighted by molar-refractivity contribution is 0.0234. The highest BCUT2D eigenvalue weighted by Gasteiger charge is 2.21. The molecule has 1 amide bonds. The number of hydrogen-bond acceptors (Lipinski definition) is 3. The second kappa shape index (κ2) is 7.66. The number of carbonyl (C=O) groups excluding carboxylic acids is 1. The Hall–Kier alpha value is -1.79. The van der Waals surface area contributed by atoms with Crippen molar-refractivity contribution < 1.29 is 19.5 Å². The molecular weight excluding hydrogens is 365 g/mol. The van der Waals surface area contributed by atoms with E-state index in [9.17, 15) is 9.59 Å². The van der Waals surface area contributed by atoms with E-state index in [0.717, 1.165) is 5.56 Å². The summed E-state index contributed by atoms with van der Waals surface area (Å²) in [6.07, 6.45) is 0. The summed E-state index contributed by atoms with van der Waals surface area (Å²) in [5.41, 5.74) is 2.57. The van der Waals surface area contributed by atoms with Crippen LogP contribution in [0.2, 0.25) is 15.1 Å². The van der Waals surface area contributed by atoms with E-state index in [4.69, 9.17) is 44.7 Å². The summed E-state index contributed by atoms with van der Waals surface area (Å²) < 4.78 is 0. The molecule has 0 spiro atoms. The van der Waals surface area contributed by atoms with Gasteiger partial charge in [-0.3, -0.25) is 9.63 Å². The summed E-state index contributed by atoms with van der Waals surface area (Å²) in [5, 5.41) is 9.36. The second-order valence-electron chi connectivity index (χ2n) is 4.44. The summed E-state index contributed by atoms with van der Waals surface area (Å²) in [4.78, 5) is 28.2. The lowest BCUT2D eigenvalue weighted by atomic mass is 10.1. The zero-order valence-corrected chi connectivity index (χ0v) is 13.7. The second-order valence-corrected chi connectivity index (χ2v) is 5.66. The highest BCUT2D eigenvalue weighted by atomic mass is 35.5. The van der Waals surface area contributed by atoms with Crippen molar-refractivity contribution in [3.8, 4) is 0 Å². The maximum absolute atomic E-state index is 12.1. The minimum atomic E-state index is -1.26. The molecule has 23 heavy (non-hydrogen) atoms. The third-order valence-electron chi connectivity index (χ3n) is 2.87. The molecule has 0 fully saturated rings. The van der Waals surface area contributed by atoms with Crippen LogP contribution in [-0.2, 0) is 11.4 Å². The quantitative estimate of drug-likeness (QED) is 0.769. The molecule has 2 aromatic rings. The van der Waals surface area contributed by atoms with Crippen LogP contribution < -0.4 is 5.48 Å². The van der Waals surface area contributed by atoms with Crippen LogP contribution >= 0.6 is 34.8 Å². The smallest absolute Gasteiger partial charge is 0.337 e. The molecule has 8 heteroatoms. The molecule has 2 N–H and O–H groups in total. The molecule has 0 unspecified atom stereocenters. The van der Waals surface area contributed by atoms with Gasteiger partial charge in [0, 0.05) is 5.02 Å². The van der Waals surface area contributed by atoms with Gasteiger partial charge < -0.3 is 5.11 Å². The van der Waals surface area contributed by atoms with Crippen LogP contribution in [0.5, 0.6) is 0 Å². The molecule has 0 aliphatic heterocycles. The number of aromatic carboxylic acids is 1. The van der Waals surface area contributed by atoms with Crippen molar-refractivity contribution in [1.29, 1.82) is 0 Å². The van der Waals surface area contributed by atoms with Gasteiger partial charge in [0.25, 0.3) is 5.91 Å². The molecular formula is C15H10Cl3NO4. The topological polar surface area (TPSA) is 75.6 Å². The number of carbonyl (C=O) groups is 2. The number of rotatable bonds is 5. The Morgan fingerprint density at radius 1 is 1.04 bits per heavy atom. The molecule has 0 atom stereocenters. The Kier molecular flexibility index (Phi) is 5.85. The van der Waals surface area contributed by atoms with Crippen molar-refractivity contribution in [3.05, 3.63) is 68.2 Å². The van der Waals surface area contributed by atoms with Crippen LogP contribution in [0.3, 0.4) is 0 Å². The van der Waals surface area contributed by atoms with E-state index < -0.39 is 11.9 Å². The van der Waals surface area contributed by atoms with Gasteiger partial charge >= 0.3 is 5.97 Å². The molecule has 0 bridgehead atoms. The Morgan fingerprint density at radius 2 is 1.70 bits per heavy atom. The minimum absolute atomic E-state index is 0.0209. The predicted molar refractivity (Wildman–Crippen MR) is 87.1 cm³/mol. The van der Waals surface area contributed by atoms with E-state index in [2.05, 4.69) is 5.48 Å². The van der Waals surface area contributed by atoms with E-state index in [1.165, 1.54) is 12.1 Å². The number of hydrogen-bond donors (Lipinski definition) is 2. The molecule has 0 saturated carbocycles. The number of carboxylic acids is 1. The van der Waals surface area contributed by atoms with Crippen molar-refractivity contribution in [2.24, 2.45) is 0 Å². The fraction of sp³-hybridized carbons (Fsp3) is 0.0667. The SMILES string of the molecule is O=C(O)c1ccc(Cl)c(C(=O)NOCc2ccc(Cl)cc2)c1Cl. The van der Waals surface area contributed by atoms with Crippen LogP contribution in [0.1, 0.15) is 26.3 Å². The molecule has 0 radical (unpaired) electrons. The highest BCUT2D eigenvalue weighted by molar-refractivity contribution is 6.41. The summed E-state index contributed by atoms with van der Waals surface area (Å²) in [6.45, 7) is 0.0940. The minimum Gasteiger partial charge on any atom is -0.478 e. The molecule has 0 aromatic heterocycles. The van der Waals surface area contributed by atoms with E-state index in [0.29, 0.717) is 5.02 Å². The van der Waals surface area contributed by atoms with Gasteiger partial charge in [0.1, 0.15) is 0 Å². The van der Waals surface area contributed by atoms with Gasteiger partial charge in [-0.15, -0.1) is 0 Å². The van der Waals surface area contributed by atoms with E-state index >= 15 is 0 Å². The highest BCUT2D eigenvalue weighted by Crippen LogP contribution is 2.28. The molecule has 0 heterocycles. The van der Waals surface area contributed by atoms with Gasteiger partial charge in [0.05, 0.1) is 27.8 Å². The van der Waals surface area contributed by atoms with Gasteiger partial charge in [-0.2, -0.15) is 0 Å². The number of carboxylic acid groups (broad SMARTS) is 1. The Labute approximate surface area is 146 Å². The molecule has 2 rings (SSSR count). The van der Waals surface area contributed by atoms with Crippen molar-refractivity contribution in [3.63, 3.8) is 0 Å². The fourth-order valence-electron chi connectivity index (χ4n) is 1.74. The predicted octanol–water partition coefficient (Wildman–Crippen LogP) is 4.21. The summed E-state index contributed by atoms with van der Waals surface area (Å²) >= 11 is 17.6. The van der Waals surface area contributed by atoms with Crippen molar-refractivity contribution in [2.75, 3.05) is 0 Å². The average molecular weight is 375 g/mol. The maximum atomic E-state index is 12.1. The standard InChI is InChI=1S/C15H10Cl3NO4/c16-9-3-1-8(2-4-9)7-23-19-14(20)12-11(17)6-5-10(13(12)18)15(21)22/h1-6H,7H2,(H,19,20)(H,21,22). The first kappa shape index (κ1) is 17.6. The van der Waals surface area contributed by atoms with Crippen molar-refractivity contribution in [1.82, 2.24) is 5.48 Å². The van der Waals surface area contributed by atoms with Crippen LogP contribution in [0.4, 0.5) is 0 Å². The monoisotopic (exact) mass is 373 g/mol. The van der Waals surface area contributed by atoms with Gasteiger partial charge in [0.2, 0.25) is 0 Å². The largest absolute Gasteiger partial charge is 0.478 e. The zero-order chi connectivity index (χ0) is 17.0. The van der Waals surface area contributed by atoms with Crippen LogP contribution in [0.25, 0.3) is 0 Å². The summed E-state index contributed by atoms with van der Waals surface area (Å²) in [5.74, 6) is -2.00. The van der Waals surface area contributed by atoms with Crippen molar-refractivity contribution in [2.45, 2.75) is 6.61 Å². The lowest BCUT2D eigenvalue weighted by Gasteiger charge is -2.10. The van der Waals surface area contributed by atoms with E-state index in [1.54, 1.807) is 24.3 Å². The Balaban J connectivity index is 2.07. The first-order chi connectivity index (χ1) is 10.9. The number of amides is 1. The number of hydroxylamine groups is 1. The maximum Gasteiger partial charge on any atom is 0.337 e. The first-order valence-corrected chi connectivity index (χ1v) is 7.41. The number of nitrogens with one attached hydrogen (secondary N) is 1. The zero-order valence-electron chi connectivity index (χ0n) is 11.5. The molecule has 0 aliphatic rings. The number of benzene rings is 2. The molecule has 5 nitrogen and oxygen atoms in total. The Bertz CT molecular complexity index is 747. The van der Waals surface area contributed by atoms with Crippen LogP contribution in [-0.4, -0.2) is 17.0 Å². The lowest BCUT2D eigenvalue weighted by Crippen LogP contribution is -2.24. The first-order valence-electron chi connectivity index (χ1n) is 6.28. The van der Waals surface area contributed by atoms with Crippen LogP contribution in [0, 0.1) is 0 Å². The summed E-state index contributed by atoms with van der Waals surface area (Å²) in [7, 11) is 0. The van der Waals surface area contributed by atoms with E-state index in [1.807, 2.05) is 0 Å². The molecule has 120 valence electrons. The van der Waals surface area contributed by atoms with Gasteiger partial charge in [-0.1, -0.05) is 46.9 Å². The Morgan fingerprint density at radius 3 is 2.30 bits per heavy atom. The third-order valence-corrected chi connectivity index (χ3v) is 3.83. The molecule has 2 aromatic carbocycles. The normalized spacial score (nSPS) is 10.4. The van der Waals surface area contributed by atoms with Gasteiger partial charge in [-0.05, 0) is 29.8 Å². The van der Waals surface area contributed by atoms with Crippen LogP contribution in [0.15, 0.2) is 36.4 Å². The molecule has 0 aliphatic carbocycles. The average Bonchev–Trinajstić information content (AvgIpc) is 2.49. The van der Waals surface area contributed by atoms with E-state index in [-0.39, 0.29) is 27.8 Å². The molecule has 0 saturated heterocycles. The van der Waals surface area contributed by atoms with Gasteiger partial charge in [-0.25, -0.2) is 10.3 Å². The van der Waals surface area contributed by atoms with Gasteiger partial charge in [0.15, 0.2) is 0 Å². The van der Waals surface area contributed by atoms with Crippen molar-refractivity contribution >= 4 is 46.7 Å². The number of halogens is 3. The summed E-state index contributed by atoms with van der Waals surface area (Å²) in [6, 6.07) is 9.35. The fourth-order valence-corrected chi connectivity index (χ4v) is 2.49.